The maximum Gasteiger partial charge on any atom is 0.161 e. The number of nitrogens with zero attached hydrogens (tertiary/aromatic N) is 2. The van der Waals surface area contributed by atoms with Crippen molar-refractivity contribution in [3.8, 4) is 5.75 Å². The van der Waals surface area contributed by atoms with Crippen LogP contribution in [0, 0.1) is 28.6 Å². The molecule has 0 saturated heterocycles. The molecule has 15 heteroatoms. The number of ether oxygens (including phenoxy) is 4. The van der Waals surface area contributed by atoms with Crippen LogP contribution in [0.4, 0.5) is 5.69 Å². The maximum absolute atomic E-state index is 13.5. The van der Waals surface area contributed by atoms with Gasteiger partial charge in [0.2, 0.25) is 0 Å². The number of benzene rings is 2. The number of rotatable bonds is 37. The van der Waals surface area contributed by atoms with Crippen LogP contribution in [0.3, 0.4) is 0 Å². The lowest BCUT2D eigenvalue weighted by molar-refractivity contribution is -0.122. The number of nitrogens with one attached hydrogen (secondary N) is 4. The summed E-state index contributed by atoms with van der Waals surface area (Å²) < 4.78 is 22.6. The number of aliphatic imine (C=N–C) groups is 1. The van der Waals surface area contributed by atoms with Gasteiger partial charge in [0.05, 0.1) is 43.8 Å². The van der Waals surface area contributed by atoms with E-state index in [1.165, 1.54) is 66.9 Å². The van der Waals surface area contributed by atoms with Gasteiger partial charge in [0.15, 0.2) is 5.78 Å². The normalized spacial score (nSPS) is 19.5. The molecule has 2 aromatic rings. The molecule has 0 spiro atoms. The van der Waals surface area contributed by atoms with Crippen molar-refractivity contribution < 1.29 is 42.0 Å². The Morgan fingerprint density at radius 2 is 1.55 bits per heavy atom. The molecular formula is C82H128N6O8S. The summed E-state index contributed by atoms with van der Waals surface area (Å²) >= 11 is 1.91. The number of thioether (sulfide) groups is 1. The van der Waals surface area contributed by atoms with E-state index in [1.54, 1.807) is 6.92 Å². The van der Waals surface area contributed by atoms with Crippen LogP contribution in [0.15, 0.2) is 172 Å². The Labute approximate surface area is 593 Å². The van der Waals surface area contributed by atoms with Gasteiger partial charge in [-0.3, -0.25) is 9.79 Å². The second-order valence-electron chi connectivity index (χ2n) is 26.5. The Balaban J connectivity index is 0.00000164. The molecule has 1 aliphatic heterocycles. The first-order valence-corrected chi connectivity index (χ1v) is 35.6. The summed E-state index contributed by atoms with van der Waals surface area (Å²) in [4.78, 5) is 19.8. The number of unbranched alkanes of at least 4 members (excludes halogenated alkanes) is 8. The Hall–Kier alpha value is -6.57. The second-order valence-corrected chi connectivity index (χ2v) is 28.1. The number of hydrogen-bond donors (Lipinski definition) is 7. The molecule has 1 saturated carbocycles. The van der Waals surface area contributed by atoms with Crippen molar-refractivity contribution in [1.82, 2.24) is 10.4 Å². The molecule has 1 fully saturated rings. The lowest BCUT2D eigenvalue weighted by atomic mass is 9.73. The number of Topliss-reactive ketones (excluding diaryl/α,β-unsaturated/α-hetero) is 1. The lowest BCUT2D eigenvalue weighted by Crippen LogP contribution is -2.34. The van der Waals surface area contributed by atoms with E-state index in [0.29, 0.717) is 107 Å². The lowest BCUT2D eigenvalue weighted by Gasteiger charge is -2.33. The zero-order chi connectivity index (χ0) is 71.1. The number of aliphatic hydroxyl groups is 2. The fraction of sp³-hybridized carbons (Fsp3) is 0.549. The summed E-state index contributed by atoms with van der Waals surface area (Å²) in [6.45, 7) is 43.5. The van der Waals surface area contributed by atoms with Gasteiger partial charge in [0, 0.05) is 89.6 Å². The molecule has 2 aromatic carbocycles. The predicted molar refractivity (Wildman–Crippen MR) is 415 cm³/mol. The highest BCUT2D eigenvalue weighted by Gasteiger charge is 2.40. The number of anilines is 1. The van der Waals surface area contributed by atoms with Crippen molar-refractivity contribution in [3.05, 3.63) is 178 Å². The summed E-state index contributed by atoms with van der Waals surface area (Å²) in [6, 6.07) is 15.8. The van der Waals surface area contributed by atoms with E-state index in [-0.39, 0.29) is 45.5 Å². The van der Waals surface area contributed by atoms with Crippen LogP contribution >= 0.6 is 11.8 Å². The van der Waals surface area contributed by atoms with E-state index in [4.69, 9.17) is 39.9 Å². The Morgan fingerprint density at radius 1 is 0.918 bits per heavy atom. The van der Waals surface area contributed by atoms with Crippen LogP contribution in [-0.4, -0.2) is 132 Å². The van der Waals surface area contributed by atoms with Gasteiger partial charge >= 0.3 is 0 Å². The smallest absolute Gasteiger partial charge is 0.161 e. The summed E-state index contributed by atoms with van der Waals surface area (Å²) in [5, 5.41) is 54.3. The number of carbonyl (C=O) groups excluding carboxylic acids is 1. The number of carbonyl (C=O) groups is 1. The first kappa shape index (κ1) is 86.5. The fourth-order valence-electron chi connectivity index (χ4n) is 12.0. The molecule has 2 aliphatic carbocycles. The molecule has 5 unspecified atom stereocenters. The van der Waals surface area contributed by atoms with E-state index in [9.17, 15) is 15.1 Å². The summed E-state index contributed by atoms with van der Waals surface area (Å²) in [7, 11) is 1.87. The highest BCUT2D eigenvalue weighted by atomic mass is 32.2. The van der Waals surface area contributed by atoms with Gasteiger partial charge in [-0.05, 0) is 194 Å². The topological polar surface area (TPSA) is 202 Å². The Kier molecular flexibility index (Phi) is 42.3. The molecule has 5 rings (SSSR count). The highest BCUT2D eigenvalue weighted by molar-refractivity contribution is 8.03. The Bertz CT molecular complexity index is 3110. The van der Waals surface area contributed by atoms with Crippen LogP contribution in [0.5, 0.6) is 5.75 Å². The monoisotopic (exact) mass is 1360 g/mol. The van der Waals surface area contributed by atoms with Crippen molar-refractivity contribution in [2.45, 2.75) is 208 Å². The third kappa shape index (κ3) is 33.2. The minimum absolute atomic E-state index is 0. The number of allylic oxidation sites excluding steroid dienone is 9. The van der Waals surface area contributed by atoms with Crippen molar-refractivity contribution in [2.24, 2.45) is 22.7 Å². The first-order chi connectivity index (χ1) is 45.8. The van der Waals surface area contributed by atoms with Crippen molar-refractivity contribution in [3.63, 3.8) is 0 Å². The van der Waals surface area contributed by atoms with Gasteiger partial charge in [0.25, 0.3) is 0 Å². The largest absolute Gasteiger partial charge is 0.491 e. The van der Waals surface area contributed by atoms with Gasteiger partial charge in [-0.1, -0.05) is 146 Å². The molecule has 6 atom stereocenters. The fourth-order valence-corrected chi connectivity index (χ4v) is 13.3. The van der Waals surface area contributed by atoms with Gasteiger partial charge in [-0.15, -0.1) is 23.2 Å². The van der Waals surface area contributed by atoms with Crippen LogP contribution in [0.25, 0.3) is 6.08 Å². The summed E-state index contributed by atoms with van der Waals surface area (Å²) in [5.41, 5.74) is 18.7. The van der Waals surface area contributed by atoms with Gasteiger partial charge < -0.3 is 55.8 Å². The zero-order valence-electron chi connectivity index (χ0n) is 60.5. The van der Waals surface area contributed by atoms with Crippen LogP contribution in [-0.2, 0) is 19.0 Å². The summed E-state index contributed by atoms with van der Waals surface area (Å²) in [5.74, 6) is 1.78. The minimum atomic E-state index is -1.13. The van der Waals surface area contributed by atoms with Crippen molar-refractivity contribution >= 4 is 46.4 Å². The molecule has 540 valence electrons. The van der Waals surface area contributed by atoms with Crippen LogP contribution in [0.1, 0.15) is 200 Å². The molecule has 1 heterocycles. The first-order valence-electron chi connectivity index (χ1n) is 34.8. The van der Waals surface area contributed by atoms with Crippen LogP contribution in [0.2, 0.25) is 0 Å². The SMILES string of the molecule is C.C=C=C(CCCCCCCCCCCO)OC(C)(C)C.C=C=C1CCCC(C2CC(=C=C)C(C)=C(/C=C\C=C\NCCOCCN(O)CCOCCOc3ccc(NC)cc3)C(C)(O)C2)C(=O)C(=C)C1.C=Cc1ccc(C(=NC(C)C(=N)CC(C)=N)C2C(C)=C(C)S[C@H]2C)cc1.[HH].[HH]. The molecule has 14 nitrogen and oxygen atoms in total. The number of aliphatic hydroxyl groups excluding tert-OH is 1. The predicted octanol–water partition coefficient (Wildman–Crippen LogP) is 19.2. The van der Waals surface area contributed by atoms with E-state index in [1.807, 2.05) is 94.4 Å². The molecule has 97 heavy (non-hydrogen) atoms. The quantitative estimate of drug-likeness (QED) is 0.00643. The van der Waals surface area contributed by atoms with Gasteiger partial charge in [-0.2, -0.15) is 5.06 Å². The van der Waals surface area contributed by atoms with E-state index < -0.39 is 5.60 Å². The molecule has 7 N–H and O–H groups in total. The second kappa shape index (κ2) is 47.4. The van der Waals surface area contributed by atoms with Gasteiger partial charge in [-0.25, -0.2) is 0 Å². The van der Waals surface area contributed by atoms with E-state index in [2.05, 4.69) is 127 Å². The minimum Gasteiger partial charge on any atom is -0.491 e. The highest BCUT2D eigenvalue weighted by Crippen LogP contribution is 2.45. The van der Waals surface area contributed by atoms with Crippen LogP contribution < -0.4 is 15.4 Å². The molecule has 0 aromatic heterocycles. The molecular weight excluding hydrogens is 1230 g/mol. The number of hydroxylamine groups is 2. The van der Waals surface area contributed by atoms with Crippen molar-refractivity contribution in [1.29, 1.82) is 10.8 Å². The Morgan fingerprint density at radius 3 is 2.10 bits per heavy atom. The molecule has 0 amide bonds. The van der Waals surface area contributed by atoms with Crippen molar-refractivity contribution in [2.75, 3.05) is 71.6 Å². The zero-order valence-corrected chi connectivity index (χ0v) is 61.3. The third-order valence-electron chi connectivity index (χ3n) is 17.4. The third-order valence-corrected chi connectivity index (χ3v) is 18.7. The molecule has 0 radical (unpaired) electrons. The average molecular weight is 1360 g/mol. The van der Waals surface area contributed by atoms with E-state index in [0.717, 1.165) is 88.4 Å². The summed E-state index contributed by atoms with van der Waals surface area (Å²) in [6.07, 6.45) is 25.9. The molecule has 3 aliphatic rings. The standard InChI is InChI=1S/C41H57N3O6.C22H29N3S.C18H34O2.CH4.2H2/c1-7-33-12-11-13-38(40(45)31(3)28-33)35-29-34(8-2)32(4)39(41(5,46)30-35)14-9-10-19-43-20-23-48-24-21-44(47)22-25-49-26-27-50-37-17-15-36(42-6)16-18-37;1-7-18-8-10-19(11-9-18)22(21-14(3)16(5)26-17(21)6)25-15(4)20(24)12-13(2)23;1-5-17(20-18(2,3)4)15-13-11-9-7-6-8-10-12-14-16-19;;;/h9-10,14-19,35,38,42-43,46-47H,1-3,11-13,20-30H2,4-6H3;7-11,15,17,21,23-24H,1,12H2,2-6H3;19H,1,6-16H2,2-4H3;1H4;2*1H/b14-9-,19-10+;;;;;/t;15?,17-,21?;;;;/m.0..../s1. The van der Waals surface area contributed by atoms with E-state index >= 15 is 0 Å². The average Bonchev–Trinajstić information content (AvgIpc) is 1.70. The number of ketones is 1. The number of hydrogen-bond acceptors (Lipinski definition) is 15. The maximum atomic E-state index is 13.5. The molecule has 0 bridgehead atoms. The van der Waals surface area contributed by atoms with Gasteiger partial charge in [0.1, 0.15) is 23.7 Å².